The first-order valence-electron chi connectivity index (χ1n) is 5.44. The molecule has 0 aliphatic heterocycles. The van der Waals surface area contributed by atoms with Crippen LogP contribution in [0.25, 0.3) is 0 Å². The molecule has 0 atom stereocenters. The molecule has 0 aromatic heterocycles. The van der Waals surface area contributed by atoms with E-state index in [1.807, 2.05) is 0 Å². The Hall–Kier alpha value is -1.39. The highest BCUT2D eigenvalue weighted by molar-refractivity contribution is 7.99. The molecule has 2 aromatic carbocycles. The Morgan fingerprint density at radius 2 is 1.44 bits per heavy atom. The van der Waals surface area contributed by atoms with E-state index >= 15 is 0 Å². The number of hydrogen-bond donors (Lipinski definition) is 1. The molecule has 0 saturated heterocycles. The molecule has 0 radical (unpaired) electrons. The average molecular weight is 266 g/mol. The highest BCUT2D eigenvalue weighted by Gasteiger charge is 2.15. The van der Waals surface area contributed by atoms with Crippen molar-refractivity contribution in [3.63, 3.8) is 0 Å². The zero-order valence-corrected chi connectivity index (χ0v) is 10.3. The van der Waals surface area contributed by atoms with Crippen molar-refractivity contribution < 1.29 is 13.9 Å². The van der Waals surface area contributed by atoms with Gasteiger partial charge in [-0.15, -0.1) is 11.8 Å². The second kappa shape index (κ2) is 5.98. The van der Waals surface area contributed by atoms with Crippen molar-refractivity contribution in [2.24, 2.45) is 0 Å². The maximum Gasteiger partial charge on any atom is 0.123 e. The lowest BCUT2D eigenvalue weighted by atomic mass is 10.0. The van der Waals surface area contributed by atoms with Crippen LogP contribution in [0.1, 0.15) is 16.4 Å². The zero-order chi connectivity index (χ0) is 13.0. The number of halogens is 2. The van der Waals surface area contributed by atoms with Crippen LogP contribution in [-0.2, 0) is 0 Å². The quantitative estimate of drug-likeness (QED) is 0.851. The van der Waals surface area contributed by atoms with Crippen molar-refractivity contribution in [3.05, 3.63) is 71.3 Å². The standard InChI is InChI=1S/C14H12F2OS/c15-12-5-1-3-10(7-12)14(18-9-17)11-4-2-6-13(16)8-11/h1-8,14,17H,9H2. The van der Waals surface area contributed by atoms with Crippen molar-refractivity contribution in [1.29, 1.82) is 0 Å². The molecule has 4 heteroatoms. The van der Waals surface area contributed by atoms with Crippen molar-refractivity contribution in [2.75, 3.05) is 5.94 Å². The van der Waals surface area contributed by atoms with Gasteiger partial charge in [0.1, 0.15) is 11.6 Å². The third-order valence-electron chi connectivity index (χ3n) is 2.54. The lowest BCUT2D eigenvalue weighted by Crippen LogP contribution is -1.99. The molecule has 1 nitrogen and oxygen atoms in total. The number of aliphatic hydroxyl groups excluding tert-OH is 1. The number of thioether (sulfide) groups is 1. The fourth-order valence-corrected chi connectivity index (χ4v) is 2.63. The fraction of sp³-hybridized carbons (Fsp3) is 0.143. The molecule has 0 fully saturated rings. The lowest BCUT2D eigenvalue weighted by Gasteiger charge is -2.16. The van der Waals surface area contributed by atoms with Crippen LogP contribution < -0.4 is 0 Å². The SMILES string of the molecule is OCSC(c1cccc(F)c1)c1cccc(F)c1. The minimum atomic E-state index is -0.340. The molecule has 0 unspecified atom stereocenters. The fourth-order valence-electron chi connectivity index (χ4n) is 1.80. The summed E-state index contributed by atoms with van der Waals surface area (Å²) in [7, 11) is 0. The largest absolute Gasteiger partial charge is 0.386 e. The summed E-state index contributed by atoms with van der Waals surface area (Å²) in [5.74, 6) is -0.794. The van der Waals surface area contributed by atoms with Gasteiger partial charge in [-0.1, -0.05) is 24.3 Å². The van der Waals surface area contributed by atoms with Crippen LogP contribution in [0.15, 0.2) is 48.5 Å². The maximum atomic E-state index is 13.2. The summed E-state index contributed by atoms with van der Waals surface area (Å²) in [6.45, 7) is 0. The topological polar surface area (TPSA) is 20.2 Å². The van der Waals surface area contributed by atoms with Crippen LogP contribution in [0.2, 0.25) is 0 Å². The molecule has 2 rings (SSSR count). The minimum Gasteiger partial charge on any atom is -0.386 e. The van der Waals surface area contributed by atoms with Crippen molar-refractivity contribution in [2.45, 2.75) is 5.25 Å². The predicted molar refractivity (Wildman–Crippen MR) is 69.3 cm³/mol. The molecule has 0 saturated carbocycles. The van der Waals surface area contributed by atoms with Gasteiger partial charge in [0.25, 0.3) is 0 Å². The molecule has 0 aliphatic carbocycles. The number of benzene rings is 2. The summed E-state index contributed by atoms with van der Waals surface area (Å²) >= 11 is 1.22. The van der Waals surface area contributed by atoms with Crippen LogP contribution in [0.3, 0.4) is 0 Å². The Labute approximate surface area is 108 Å². The zero-order valence-electron chi connectivity index (χ0n) is 9.51. The van der Waals surface area contributed by atoms with Crippen LogP contribution in [0.5, 0.6) is 0 Å². The third-order valence-corrected chi connectivity index (χ3v) is 3.57. The van der Waals surface area contributed by atoms with Gasteiger partial charge >= 0.3 is 0 Å². The van der Waals surface area contributed by atoms with E-state index in [0.717, 1.165) is 0 Å². The highest BCUT2D eigenvalue weighted by atomic mass is 32.2. The van der Waals surface area contributed by atoms with E-state index in [0.29, 0.717) is 11.1 Å². The molecule has 0 amide bonds. The third kappa shape index (κ3) is 3.09. The Balaban J connectivity index is 2.39. The average Bonchev–Trinajstić information content (AvgIpc) is 2.36. The van der Waals surface area contributed by atoms with Crippen molar-refractivity contribution in [1.82, 2.24) is 0 Å². The van der Waals surface area contributed by atoms with Gasteiger partial charge in [0.15, 0.2) is 0 Å². The van der Waals surface area contributed by atoms with Gasteiger partial charge in [-0.25, -0.2) is 8.78 Å². The van der Waals surface area contributed by atoms with E-state index in [9.17, 15) is 8.78 Å². The van der Waals surface area contributed by atoms with E-state index in [4.69, 9.17) is 5.11 Å². The summed E-state index contributed by atoms with van der Waals surface area (Å²) in [6, 6.07) is 12.3. The predicted octanol–water partition coefficient (Wildman–Crippen LogP) is 3.74. The summed E-state index contributed by atoms with van der Waals surface area (Å²) in [5, 5.41) is 8.80. The van der Waals surface area contributed by atoms with Crippen molar-refractivity contribution in [3.8, 4) is 0 Å². The Kier molecular flexibility index (Phi) is 4.33. The summed E-state index contributed by atoms with van der Waals surface area (Å²) in [6.07, 6.45) is 0. The van der Waals surface area contributed by atoms with E-state index in [1.54, 1.807) is 24.3 Å². The van der Waals surface area contributed by atoms with E-state index in [-0.39, 0.29) is 22.8 Å². The van der Waals surface area contributed by atoms with E-state index in [1.165, 1.54) is 36.0 Å². The molecular formula is C14H12F2OS. The molecule has 18 heavy (non-hydrogen) atoms. The van der Waals surface area contributed by atoms with Gasteiger partial charge < -0.3 is 5.11 Å². The van der Waals surface area contributed by atoms with Gasteiger partial charge in [-0.3, -0.25) is 0 Å². The molecule has 0 bridgehead atoms. The van der Waals surface area contributed by atoms with Crippen LogP contribution in [0, 0.1) is 11.6 Å². The van der Waals surface area contributed by atoms with Gasteiger partial charge in [0.2, 0.25) is 0 Å². The Morgan fingerprint density at radius 1 is 0.944 bits per heavy atom. The first-order chi connectivity index (χ1) is 8.70. The van der Waals surface area contributed by atoms with Crippen LogP contribution in [0.4, 0.5) is 8.78 Å². The molecule has 94 valence electrons. The molecule has 0 heterocycles. The highest BCUT2D eigenvalue weighted by Crippen LogP contribution is 2.35. The van der Waals surface area contributed by atoms with Gasteiger partial charge in [-0.2, -0.15) is 0 Å². The number of hydrogen-bond acceptors (Lipinski definition) is 2. The summed E-state index contributed by atoms with van der Waals surface area (Å²) < 4.78 is 26.4. The second-order valence-corrected chi connectivity index (χ2v) is 4.85. The van der Waals surface area contributed by atoms with E-state index in [2.05, 4.69) is 0 Å². The second-order valence-electron chi connectivity index (χ2n) is 3.79. The van der Waals surface area contributed by atoms with Crippen LogP contribution in [-0.4, -0.2) is 11.0 Å². The summed E-state index contributed by atoms with van der Waals surface area (Å²) in [4.78, 5) is 0. The van der Waals surface area contributed by atoms with E-state index < -0.39 is 0 Å². The molecule has 1 N–H and O–H groups in total. The maximum absolute atomic E-state index is 13.2. The first-order valence-corrected chi connectivity index (χ1v) is 6.49. The monoisotopic (exact) mass is 266 g/mol. The van der Waals surface area contributed by atoms with Gasteiger partial charge in [0, 0.05) is 0 Å². The van der Waals surface area contributed by atoms with Gasteiger partial charge in [0.05, 0.1) is 11.2 Å². The first kappa shape index (κ1) is 13.1. The molecule has 0 aliphatic rings. The molecule has 0 spiro atoms. The smallest absolute Gasteiger partial charge is 0.123 e. The Bertz CT molecular complexity index is 485. The van der Waals surface area contributed by atoms with Crippen molar-refractivity contribution >= 4 is 11.8 Å². The molecular weight excluding hydrogens is 254 g/mol. The molecule has 2 aromatic rings. The summed E-state index contributed by atoms with van der Waals surface area (Å²) in [5.41, 5.74) is 1.42. The Morgan fingerprint density at radius 3 is 1.83 bits per heavy atom. The lowest BCUT2D eigenvalue weighted by molar-refractivity contribution is 0.374. The van der Waals surface area contributed by atoms with Gasteiger partial charge in [-0.05, 0) is 35.4 Å². The minimum absolute atomic E-state index is 0.113. The number of aliphatic hydroxyl groups is 1. The van der Waals surface area contributed by atoms with Crippen LogP contribution >= 0.6 is 11.8 Å². The normalized spacial score (nSPS) is 10.9. The number of rotatable bonds is 4.